The van der Waals surface area contributed by atoms with Gasteiger partial charge in [-0.05, 0) is 25.1 Å². The summed E-state index contributed by atoms with van der Waals surface area (Å²) in [6, 6.07) is 12.7. The Morgan fingerprint density at radius 3 is 2.71 bits per heavy atom. The first kappa shape index (κ1) is 15.6. The number of carbonyl (C=O) groups excluding carboxylic acids is 2. The zero-order valence-electron chi connectivity index (χ0n) is 13.0. The molecule has 2 aromatic heterocycles. The highest BCUT2D eigenvalue weighted by atomic mass is 16.5. The van der Waals surface area contributed by atoms with Gasteiger partial charge >= 0.3 is 5.97 Å². The molecule has 0 amide bonds. The molecule has 0 aliphatic rings. The number of Topliss-reactive ketones (excluding diaryl/α,β-unsaturated/α-hetero) is 1. The van der Waals surface area contributed by atoms with E-state index in [1.807, 2.05) is 34.7 Å². The molecule has 2 heterocycles. The Balaban J connectivity index is 2.14. The van der Waals surface area contributed by atoms with E-state index >= 15 is 0 Å². The van der Waals surface area contributed by atoms with E-state index in [2.05, 4.69) is 0 Å². The van der Waals surface area contributed by atoms with E-state index in [1.165, 1.54) is 6.92 Å². The Morgan fingerprint density at radius 1 is 1.17 bits per heavy atom. The van der Waals surface area contributed by atoms with Gasteiger partial charge in [-0.1, -0.05) is 18.2 Å². The molecule has 1 aromatic carbocycles. The van der Waals surface area contributed by atoms with Crippen LogP contribution in [-0.4, -0.2) is 29.4 Å². The molecular weight excluding hydrogens is 308 g/mol. The van der Waals surface area contributed by atoms with E-state index < -0.39 is 5.97 Å². The minimum Gasteiger partial charge on any atom is -0.477 e. The second kappa shape index (κ2) is 6.42. The quantitative estimate of drug-likeness (QED) is 0.675. The predicted octanol–water partition coefficient (Wildman–Crippen LogP) is 2.74. The van der Waals surface area contributed by atoms with Gasteiger partial charge in [0.1, 0.15) is 18.4 Å². The Bertz CT molecular complexity index is 982. The molecule has 0 saturated carbocycles. The summed E-state index contributed by atoms with van der Waals surface area (Å²) in [5.74, 6) is -0.244. The molecule has 3 rings (SSSR count). The van der Waals surface area contributed by atoms with Gasteiger partial charge in [0.25, 0.3) is 0 Å². The van der Waals surface area contributed by atoms with Gasteiger partial charge in [0.15, 0.2) is 12.4 Å². The van der Waals surface area contributed by atoms with Crippen LogP contribution in [0, 0.1) is 11.3 Å². The second-order valence-corrected chi connectivity index (χ2v) is 5.24. The molecular formula is C18H14N2O4. The molecule has 0 fully saturated rings. The number of rotatable bonds is 5. The van der Waals surface area contributed by atoms with Crippen LogP contribution in [0.5, 0.6) is 5.75 Å². The number of hydrogen-bond donors (Lipinski definition) is 0. The van der Waals surface area contributed by atoms with Gasteiger partial charge < -0.3 is 13.9 Å². The number of nitriles is 1. The molecule has 0 aliphatic carbocycles. The van der Waals surface area contributed by atoms with Crippen LogP contribution in [0.4, 0.5) is 0 Å². The summed E-state index contributed by atoms with van der Waals surface area (Å²) in [7, 11) is 0. The van der Waals surface area contributed by atoms with Crippen molar-refractivity contribution in [3.8, 4) is 11.8 Å². The van der Waals surface area contributed by atoms with Crippen molar-refractivity contribution in [3.63, 3.8) is 0 Å². The lowest BCUT2D eigenvalue weighted by atomic mass is 10.1. The average Bonchev–Trinajstić information content (AvgIpc) is 2.91. The molecule has 3 aromatic rings. The molecule has 0 atom stereocenters. The second-order valence-electron chi connectivity index (χ2n) is 5.24. The Hall–Kier alpha value is -3.33. The maximum absolute atomic E-state index is 12.4. The lowest BCUT2D eigenvalue weighted by Crippen LogP contribution is -2.11. The van der Waals surface area contributed by atoms with Crippen LogP contribution in [0.2, 0.25) is 0 Å². The Morgan fingerprint density at radius 2 is 1.96 bits per heavy atom. The van der Waals surface area contributed by atoms with Gasteiger partial charge in [-0.15, -0.1) is 0 Å². The number of hydrogen-bond acceptors (Lipinski definition) is 5. The number of ether oxygens (including phenoxy) is 2. The van der Waals surface area contributed by atoms with Crippen LogP contribution >= 0.6 is 0 Å². The Kier molecular flexibility index (Phi) is 4.17. The molecule has 24 heavy (non-hydrogen) atoms. The van der Waals surface area contributed by atoms with Crippen LogP contribution in [-0.2, 0) is 9.53 Å². The zero-order valence-corrected chi connectivity index (χ0v) is 13.0. The highest BCUT2D eigenvalue weighted by Gasteiger charge is 2.20. The van der Waals surface area contributed by atoms with Gasteiger partial charge in [0.2, 0.25) is 0 Å². The molecule has 120 valence electrons. The number of para-hydroxylation sites is 1. The molecule has 0 unspecified atom stereocenters. The maximum atomic E-state index is 12.4. The van der Waals surface area contributed by atoms with Gasteiger partial charge in [-0.2, -0.15) is 5.26 Å². The number of nitrogens with zero attached hydrogens (tertiary/aromatic N) is 2. The van der Waals surface area contributed by atoms with Crippen molar-refractivity contribution in [2.24, 2.45) is 0 Å². The van der Waals surface area contributed by atoms with Gasteiger partial charge in [0, 0.05) is 5.39 Å². The van der Waals surface area contributed by atoms with Gasteiger partial charge in [-0.25, -0.2) is 4.79 Å². The summed E-state index contributed by atoms with van der Waals surface area (Å²) >= 11 is 0. The molecule has 0 saturated heterocycles. The van der Waals surface area contributed by atoms with Crippen molar-refractivity contribution in [3.05, 3.63) is 48.2 Å². The fourth-order valence-corrected chi connectivity index (χ4v) is 2.57. The van der Waals surface area contributed by atoms with Crippen molar-refractivity contribution in [1.29, 1.82) is 5.26 Å². The topological polar surface area (TPSA) is 80.8 Å². The lowest BCUT2D eigenvalue weighted by molar-refractivity contribution is -0.120. The molecule has 0 bridgehead atoms. The van der Waals surface area contributed by atoms with Crippen molar-refractivity contribution in [2.45, 2.75) is 6.92 Å². The molecule has 6 nitrogen and oxygen atoms in total. The number of esters is 1. The normalized spacial score (nSPS) is 10.5. The lowest BCUT2D eigenvalue weighted by Gasteiger charge is -2.05. The third-order valence-electron chi connectivity index (χ3n) is 3.52. The standard InChI is InChI=1S/C18H14N2O4/c1-12(21)11-24-18(22)17-14-4-2-3-5-15(14)20-10-13(23-9-8-19)6-7-16(17)20/h2-7,10H,9,11H2,1H3. The highest BCUT2D eigenvalue weighted by molar-refractivity contribution is 6.12. The summed E-state index contributed by atoms with van der Waals surface area (Å²) in [4.78, 5) is 23.5. The number of pyridine rings is 1. The molecule has 0 N–H and O–H groups in total. The summed E-state index contributed by atoms with van der Waals surface area (Å²) < 4.78 is 12.2. The van der Waals surface area contributed by atoms with Gasteiger partial charge in [0.05, 0.1) is 22.8 Å². The monoisotopic (exact) mass is 322 g/mol. The van der Waals surface area contributed by atoms with E-state index in [9.17, 15) is 9.59 Å². The number of ketones is 1. The first-order valence-electron chi connectivity index (χ1n) is 7.31. The minimum atomic E-state index is -0.547. The predicted molar refractivity (Wildman–Crippen MR) is 87.0 cm³/mol. The fraction of sp³-hybridized carbons (Fsp3) is 0.167. The van der Waals surface area contributed by atoms with E-state index in [0.29, 0.717) is 16.8 Å². The van der Waals surface area contributed by atoms with Crippen LogP contribution in [0.3, 0.4) is 0 Å². The maximum Gasteiger partial charge on any atom is 0.341 e. The number of benzene rings is 1. The largest absolute Gasteiger partial charge is 0.477 e. The van der Waals surface area contributed by atoms with Crippen LogP contribution in [0.15, 0.2) is 42.6 Å². The Labute approximate surface area is 137 Å². The number of aromatic nitrogens is 1. The summed E-state index contributed by atoms with van der Waals surface area (Å²) in [6.45, 7) is 1.05. The van der Waals surface area contributed by atoms with Crippen LogP contribution in [0.1, 0.15) is 17.3 Å². The van der Waals surface area contributed by atoms with Crippen LogP contribution in [0.25, 0.3) is 16.4 Å². The van der Waals surface area contributed by atoms with E-state index in [-0.39, 0.29) is 19.0 Å². The fourth-order valence-electron chi connectivity index (χ4n) is 2.57. The van der Waals surface area contributed by atoms with Crippen molar-refractivity contribution in [1.82, 2.24) is 4.40 Å². The van der Waals surface area contributed by atoms with Crippen molar-refractivity contribution in [2.75, 3.05) is 13.2 Å². The smallest absolute Gasteiger partial charge is 0.341 e. The molecule has 0 radical (unpaired) electrons. The van der Waals surface area contributed by atoms with E-state index in [4.69, 9.17) is 14.7 Å². The summed E-state index contributed by atoms with van der Waals surface area (Å²) in [5, 5.41) is 9.35. The van der Waals surface area contributed by atoms with Gasteiger partial charge in [-0.3, -0.25) is 4.79 Å². The van der Waals surface area contributed by atoms with Crippen molar-refractivity contribution < 1.29 is 19.1 Å². The summed E-state index contributed by atoms with van der Waals surface area (Å²) in [5.41, 5.74) is 1.86. The molecule has 6 heteroatoms. The van der Waals surface area contributed by atoms with Crippen molar-refractivity contribution >= 4 is 28.2 Å². The number of fused-ring (bicyclic) bond motifs is 3. The third-order valence-corrected chi connectivity index (χ3v) is 3.52. The third kappa shape index (κ3) is 2.79. The number of carbonyl (C=O) groups is 2. The van der Waals surface area contributed by atoms with Crippen LogP contribution < -0.4 is 4.74 Å². The average molecular weight is 322 g/mol. The van der Waals surface area contributed by atoms with E-state index in [1.54, 1.807) is 18.3 Å². The highest BCUT2D eigenvalue weighted by Crippen LogP contribution is 2.29. The summed E-state index contributed by atoms with van der Waals surface area (Å²) in [6.07, 6.45) is 1.72. The molecule has 0 spiro atoms. The zero-order chi connectivity index (χ0) is 17.1. The first-order chi connectivity index (χ1) is 11.6. The first-order valence-corrected chi connectivity index (χ1v) is 7.31. The minimum absolute atomic E-state index is 0.0573. The SMILES string of the molecule is CC(=O)COC(=O)c1c2ccccc2n2cc(OCC#N)ccc12. The molecule has 0 aliphatic heterocycles. The van der Waals surface area contributed by atoms with E-state index in [0.717, 1.165) is 10.9 Å².